The third kappa shape index (κ3) is 12.8. The molecule has 0 amide bonds. The van der Waals surface area contributed by atoms with Gasteiger partial charge in [0.2, 0.25) is 0 Å². The zero-order valence-corrected chi connectivity index (χ0v) is 31.7. The van der Waals surface area contributed by atoms with Gasteiger partial charge in [-0.2, -0.15) is 10.4 Å². The number of nitrogens with zero attached hydrogens (tertiary/aromatic N) is 4. The lowest BCUT2D eigenvalue weighted by Gasteiger charge is -2.27. The summed E-state index contributed by atoms with van der Waals surface area (Å²) in [7, 11) is -4.74. The van der Waals surface area contributed by atoms with Crippen LogP contribution < -0.4 is 5.73 Å². The maximum absolute atomic E-state index is 14.0. The molecule has 2 aromatic heterocycles. The Labute approximate surface area is 311 Å². The van der Waals surface area contributed by atoms with E-state index in [4.69, 9.17) is 29.0 Å². The molecule has 53 heavy (non-hydrogen) atoms. The van der Waals surface area contributed by atoms with Crippen LogP contribution in [0.2, 0.25) is 0 Å². The molecule has 16 heteroatoms. The maximum Gasteiger partial charge on any atom is 0.472 e. The van der Waals surface area contributed by atoms with Crippen LogP contribution >= 0.6 is 7.82 Å². The van der Waals surface area contributed by atoms with Gasteiger partial charge < -0.3 is 35.1 Å². The van der Waals surface area contributed by atoms with Crippen LogP contribution in [0.5, 0.6) is 0 Å². The smallest absolute Gasteiger partial charge is 0.387 e. The van der Waals surface area contributed by atoms with Gasteiger partial charge in [0.15, 0.2) is 5.82 Å². The minimum Gasteiger partial charge on any atom is -0.387 e. The number of nitrogens with two attached hydrogens (primary N) is 1. The first-order valence-corrected chi connectivity index (χ1v) is 20.1. The highest BCUT2D eigenvalue weighted by Gasteiger charge is 2.54. The first-order valence-electron chi connectivity index (χ1n) is 18.6. The number of anilines is 1. The van der Waals surface area contributed by atoms with E-state index in [9.17, 15) is 29.3 Å². The molecule has 0 aliphatic carbocycles. The van der Waals surface area contributed by atoms with Crippen molar-refractivity contribution in [2.75, 3.05) is 32.2 Å². The first kappa shape index (κ1) is 42.7. The van der Waals surface area contributed by atoms with E-state index in [2.05, 4.69) is 17.0 Å². The lowest BCUT2D eigenvalue weighted by molar-refractivity contribution is -0.0901. The Bertz CT molecular complexity index is 1660. The van der Waals surface area contributed by atoms with Crippen molar-refractivity contribution in [2.24, 2.45) is 0 Å². The van der Waals surface area contributed by atoms with E-state index in [0.717, 1.165) is 25.3 Å². The molecule has 1 aliphatic heterocycles. The molecule has 0 spiro atoms. The van der Waals surface area contributed by atoms with Crippen molar-refractivity contribution >= 4 is 19.2 Å². The molecule has 5 N–H and O–H groups in total. The van der Waals surface area contributed by atoms with Crippen LogP contribution in [-0.4, -0.2) is 80.5 Å². The Hall–Kier alpha value is -3.03. The van der Waals surface area contributed by atoms with Crippen molar-refractivity contribution in [3.63, 3.8) is 0 Å². The first-order chi connectivity index (χ1) is 25.5. The average Bonchev–Trinajstić information content (AvgIpc) is 3.68. The zero-order chi connectivity index (χ0) is 38.3. The Kier molecular flexibility index (Phi) is 17.1. The molecule has 0 bridgehead atoms. The third-order valence-electron chi connectivity index (χ3n) is 9.50. The summed E-state index contributed by atoms with van der Waals surface area (Å²) in [5.74, 6) is -0.381. The third-order valence-corrected chi connectivity index (χ3v) is 10.4. The minimum atomic E-state index is -4.74. The number of phosphoric acid groups is 1. The number of hydrogen-bond acceptors (Lipinski definition) is 12. The summed E-state index contributed by atoms with van der Waals surface area (Å²) in [6, 6.07) is 9.01. The lowest BCUT2D eigenvalue weighted by Crippen LogP contribution is -2.39. The fourth-order valence-electron chi connectivity index (χ4n) is 6.46. The van der Waals surface area contributed by atoms with E-state index >= 15 is 0 Å². The Morgan fingerprint density at radius 3 is 2.40 bits per heavy atom. The van der Waals surface area contributed by atoms with Gasteiger partial charge >= 0.3 is 7.82 Å². The highest BCUT2D eigenvalue weighted by atomic mass is 31.2. The number of nitrogen functional groups attached to an aromatic ring is 1. The quantitative estimate of drug-likeness (QED) is 0.0570. The number of aromatic nitrogens is 3. The summed E-state index contributed by atoms with van der Waals surface area (Å²) in [5, 5.41) is 35.2. The topological polar surface area (TPSA) is 204 Å². The standard InChI is InChI=1S/C37H55FN5O9P/c1-3-4-5-6-7-8-9-10-11-12-13-14-17-48-23-30(49-22-28-18-27(21-39)19-29(38)20-28)24-50-53(46,47)51-25-32-34(44)35(45)37(2,52-32)33-16-15-31-36(40)41-26-42-43(31)33/h15-16,18-20,26,30,32,34-35,44-45H,3-14,17,22-25H2,1-2H3,(H,46,47)(H2,40,41,42)/t30-,32-,34-,35-,37+/m1/s1. The molecule has 4 rings (SSSR count). The predicted molar refractivity (Wildman–Crippen MR) is 195 cm³/mol. The van der Waals surface area contributed by atoms with Crippen LogP contribution in [0.25, 0.3) is 5.52 Å². The number of benzene rings is 1. The van der Waals surface area contributed by atoms with Crippen molar-refractivity contribution in [3.8, 4) is 6.07 Å². The number of unbranched alkanes of at least 4 members (excludes halogenated alkanes) is 11. The maximum atomic E-state index is 14.0. The second-order valence-electron chi connectivity index (χ2n) is 13.8. The Morgan fingerprint density at radius 1 is 1.04 bits per heavy atom. The molecular weight excluding hydrogens is 708 g/mol. The number of aliphatic hydroxyl groups excluding tert-OH is 2. The van der Waals surface area contributed by atoms with Gasteiger partial charge in [0.05, 0.1) is 43.8 Å². The van der Waals surface area contributed by atoms with Crippen molar-refractivity contribution < 1.29 is 47.3 Å². The molecule has 1 saturated heterocycles. The Balaban J connectivity index is 1.24. The molecule has 3 aromatic rings. The monoisotopic (exact) mass is 763 g/mol. The summed E-state index contributed by atoms with van der Waals surface area (Å²) >= 11 is 0. The van der Waals surface area contributed by atoms with Gasteiger partial charge in [0.1, 0.15) is 47.7 Å². The number of ether oxygens (including phenoxy) is 3. The highest BCUT2D eigenvalue weighted by Crippen LogP contribution is 2.46. The molecule has 294 valence electrons. The van der Waals surface area contributed by atoms with Crippen LogP contribution in [0.3, 0.4) is 0 Å². The van der Waals surface area contributed by atoms with E-state index in [0.29, 0.717) is 23.4 Å². The van der Waals surface area contributed by atoms with Crippen molar-refractivity contribution in [3.05, 3.63) is 59.3 Å². The van der Waals surface area contributed by atoms with E-state index in [1.54, 1.807) is 19.1 Å². The van der Waals surface area contributed by atoms with Crippen LogP contribution in [-0.2, 0) is 40.0 Å². The fourth-order valence-corrected chi connectivity index (χ4v) is 7.22. The van der Waals surface area contributed by atoms with E-state index in [1.807, 2.05) is 6.07 Å². The molecule has 1 fully saturated rings. The second kappa shape index (κ2) is 21.2. The van der Waals surface area contributed by atoms with Gasteiger partial charge in [0.25, 0.3) is 0 Å². The van der Waals surface area contributed by atoms with Gasteiger partial charge in [-0.3, -0.25) is 9.05 Å². The largest absolute Gasteiger partial charge is 0.472 e. The molecule has 3 heterocycles. The zero-order valence-electron chi connectivity index (χ0n) is 30.8. The molecule has 1 unspecified atom stereocenters. The summed E-state index contributed by atoms with van der Waals surface area (Å²) in [6.45, 7) is 3.13. The van der Waals surface area contributed by atoms with Gasteiger partial charge in [0, 0.05) is 6.61 Å². The summed E-state index contributed by atoms with van der Waals surface area (Å²) in [5.41, 5.74) is 5.83. The summed E-state index contributed by atoms with van der Waals surface area (Å²) < 4.78 is 56.6. The number of hydrogen-bond donors (Lipinski definition) is 4. The van der Waals surface area contributed by atoms with Crippen LogP contribution in [0.1, 0.15) is 108 Å². The van der Waals surface area contributed by atoms with Gasteiger partial charge in [-0.15, -0.1) is 0 Å². The van der Waals surface area contributed by atoms with Crippen molar-refractivity contribution in [1.29, 1.82) is 5.26 Å². The normalized spacial score (nSPS) is 21.9. The van der Waals surface area contributed by atoms with Gasteiger partial charge in [-0.25, -0.2) is 18.5 Å². The highest BCUT2D eigenvalue weighted by molar-refractivity contribution is 7.47. The van der Waals surface area contributed by atoms with E-state index < -0.39 is 56.9 Å². The number of aliphatic hydroxyl groups is 2. The van der Waals surface area contributed by atoms with Gasteiger partial charge in [-0.05, 0) is 49.2 Å². The number of fused-ring (bicyclic) bond motifs is 1. The minimum absolute atomic E-state index is 0.0206. The molecule has 1 aromatic carbocycles. The van der Waals surface area contributed by atoms with Crippen molar-refractivity contribution in [1.82, 2.24) is 14.6 Å². The molecule has 0 radical (unpaired) electrons. The lowest BCUT2D eigenvalue weighted by atomic mass is 9.93. The summed E-state index contributed by atoms with van der Waals surface area (Å²) in [4.78, 5) is 14.5. The molecule has 6 atom stereocenters. The van der Waals surface area contributed by atoms with Crippen molar-refractivity contribution in [2.45, 2.75) is 128 Å². The molecule has 14 nitrogen and oxygen atoms in total. The summed E-state index contributed by atoms with van der Waals surface area (Å²) in [6.07, 6.45) is 10.8. The SMILES string of the molecule is CCCCCCCCCCCCCCOC[C@H](COP(=O)(O)OC[C@H]1O[C@@](C)(c2ccc3c(N)ncnn23)[C@H](O)[C@@H]1O)OCc1cc(F)cc(C#N)c1. The van der Waals surface area contributed by atoms with Crippen LogP contribution in [0, 0.1) is 17.1 Å². The van der Waals surface area contributed by atoms with E-state index in [-0.39, 0.29) is 24.6 Å². The molecule has 1 aliphatic rings. The second-order valence-corrected chi connectivity index (χ2v) is 15.2. The van der Waals surface area contributed by atoms with Gasteiger partial charge in [-0.1, -0.05) is 77.6 Å². The molecular formula is C37H55FN5O9P. The Morgan fingerprint density at radius 2 is 1.72 bits per heavy atom. The number of phosphoric ester groups is 1. The number of halogens is 1. The number of nitriles is 1. The van der Waals surface area contributed by atoms with Crippen LogP contribution in [0.15, 0.2) is 36.7 Å². The number of rotatable bonds is 25. The van der Waals surface area contributed by atoms with Crippen LogP contribution in [0.4, 0.5) is 10.2 Å². The van der Waals surface area contributed by atoms with E-state index in [1.165, 1.54) is 80.8 Å². The predicted octanol–water partition coefficient (Wildman–Crippen LogP) is 6.09. The fraction of sp³-hybridized carbons (Fsp3) is 0.649. The average molecular weight is 764 g/mol. The molecule has 0 saturated carbocycles.